The zero-order chi connectivity index (χ0) is 13.5. The Morgan fingerprint density at radius 2 is 2.11 bits per heavy atom. The molecule has 1 heterocycles. The van der Waals surface area contributed by atoms with Crippen LogP contribution in [0.4, 0.5) is 0 Å². The van der Waals surface area contributed by atoms with E-state index in [9.17, 15) is 9.59 Å². The summed E-state index contributed by atoms with van der Waals surface area (Å²) < 4.78 is 0. The second kappa shape index (κ2) is 9.15. The van der Waals surface area contributed by atoms with E-state index in [0.717, 1.165) is 25.8 Å². The summed E-state index contributed by atoms with van der Waals surface area (Å²) in [4.78, 5) is 25.0. The molecule has 5 nitrogen and oxygen atoms in total. The van der Waals surface area contributed by atoms with Gasteiger partial charge >= 0.3 is 5.97 Å². The van der Waals surface area contributed by atoms with Gasteiger partial charge in [-0.05, 0) is 32.2 Å². The maximum absolute atomic E-state index is 11.9. The molecule has 0 aromatic heterocycles. The van der Waals surface area contributed by atoms with Crippen LogP contribution in [0.15, 0.2) is 0 Å². The normalized spacial score (nSPS) is 21.3. The predicted molar refractivity (Wildman–Crippen MR) is 76.6 cm³/mol. The molecule has 2 atom stereocenters. The Hall–Kier alpha value is -0.810. The molecule has 0 aromatic carbocycles. The molecule has 1 saturated heterocycles. The lowest BCUT2D eigenvalue weighted by Crippen LogP contribution is -2.49. The lowest BCUT2D eigenvalue weighted by molar-refractivity contribution is -0.145. The minimum absolute atomic E-state index is 0. The fourth-order valence-corrected chi connectivity index (χ4v) is 2.49. The van der Waals surface area contributed by atoms with Crippen molar-refractivity contribution in [3.8, 4) is 0 Å². The van der Waals surface area contributed by atoms with Gasteiger partial charge in [0.1, 0.15) is 6.04 Å². The quantitative estimate of drug-likeness (QED) is 0.778. The van der Waals surface area contributed by atoms with Gasteiger partial charge in [0.2, 0.25) is 5.91 Å². The van der Waals surface area contributed by atoms with Gasteiger partial charge in [-0.25, -0.2) is 0 Å². The average Bonchev–Trinajstić information content (AvgIpc) is 2.36. The molecule has 0 aliphatic carbocycles. The van der Waals surface area contributed by atoms with Gasteiger partial charge in [0.05, 0.1) is 5.92 Å². The zero-order valence-corrected chi connectivity index (χ0v) is 12.5. The van der Waals surface area contributed by atoms with E-state index >= 15 is 0 Å². The largest absolute Gasteiger partial charge is 0.480 e. The van der Waals surface area contributed by atoms with Crippen LogP contribution in [-0.4, -0.2) is 47.6 Å². The monoisotopic (exact) mass is 292 g/mol. The molecule has 0 spiro atoms. The van der Waals surface area contributed by atoms with Crippen molar-refractivity contribution in [1.82, 2.24) is 10.2 Å². The van der Waals surface area contributed by atoms with Crippen molar-refractivity contribution in [2.75, 3.05) is 19.6 Å². The number of hydrogen-bond donors (Lipinski definition) is 2. The molecule has 2 N–H and O–H groups in total. The Morgan fingerprint density at radius 1 is 1.42 bits per heavy atom. The zero-order valence-electron chi connectivity index (χ0n) is 11.7. The number of nitrogens with one attached hydrogen (secondary N) is 1. The molecule has 0 aromatic rings. The van der Waals surface area contributed by atoms with Crippen molar-refractivity contribution < 1.29 is 14.7 Å². The number of hydrogen-bond acceptors (Lipinski definition) is 3. The van der Waals surface area contributed by atoms with Crippen LogP contribution in [-0.2, 0) is 9.59 Å². The van der Waals surface area contributed by atoms with E-state index < -0.39 is 12.0 Å². The summed E-state index contributed by atoms with van der Waals surface area (Å²) in [7, 11) is 0. The van der Waals surface area contributed by atoms with Crippen molar-refractivity contribution in [2.24, 2.45) is 5.92 Å². The molecule has 0 bridgehead atoms. The number of aliphatic carboxylic acids is 1. The van der Waals surface area contributed by atoms with Gasteiger partial charge < -0.3 is 10.4 Å². The number of piperidine rings is 1. The Balaban J connectivity index is 0.00000324. The highest BCUT2D eigenvalue weighted by Crippen LogP contribution is 2.20. The number of carboxylic acid groups (broad SMARTS) is 1. The molecular weight excluding hydrogens is 268 g/mol. The number of nitrogens with zero attached hydrogens (tertiary/aromatic N) is 1. The van der Waals surface area contributed by atoms with Crippen LogP contribution in [0.1, 0.15) is 39.5 Å². The fourth-order valence-electron chi connectivity index (χ4n) is 2.49. The second-order valence-electron chi connectivity index (χ2n) is 4.89. The Bertz CT molecular complexity index is 300. The summed E-state index contributed by atoms with van der Waals surface area (Å²) in [6.45, 7) is 5.94. The average molecular weight is 293 g/mol. The molecule has 1 fully saturated rings. The number of halogens is 1. The first-order chi connectivity index (χ1) is 8.60. The SMILES string of the molecule is CCCNC(=O)C1CCCN(C(CC)C(=O)O)C1.Cl. The molecule has 1 aliphatic heterocycles. The van der Waals surface area contributed by atoms with Gasteiger partial charge in [0, 0.05) is 13.1 Å². The van der Waals surface area contributed by atoms with E-state index in [1.165, 1.54) is 0 Å². The first kappa shape index (κ1) is 18.2. The summed E-state index contributed by atoms with van der Waals surface area (Å²) in [6, 6.07) is -0.452. The number of carboxylic acids is 1. The van der Waals surface area contributed by atoms with Crippen molar-refractivity contribution in [1.29, 1.82) is 0 Å². The van der Waals surface area contributed by atoms with Gasteiger partial charge in [-0.2, -0.15) is 0 Å². The third-order valence-electron chi connectivity index (χ3n) is 3.49. The number of rotatable bonds is 6. The first-order valence-electron chi connectivity index (χ1n) is 6.84. The third-order valence-corrected chi connectivity index (χ3v) is 3.49. The predicted octanol–water partition coefficient (Wildman–Crippen LogP) is 1.51. The molecule has 112 valence electrons. The minimum atomic E-state index is -0.785. The summed E-state index contributed by atoms with van der Waals surface area (Å²) in [5, 5.41) is 12.0. The van der Waals surface area contributed by atoms with Gasteiger partial charge in [0.15, 0.2) is 0 Å². The molecule has 1 rings (SSSR count). The number of amides is 1. The maximum atomic E-state index is 11.9. The van der Waals surface area contributed by atoms with Crippen molar-refractivity contribution >= 4 is 24.3 Å². The van der Waals surface area contributed by atoms with Crippen molar-refractivity contribution in [3.63, 3.8) is 0 Å². The summed E-state index contributed by atoms with van der Waals surface area (Å²) in [5.41, 5.74) is 0. The summed E-state index contributed by atoms with van der Waals surface area (Å²) >= 11 is 0. The van der Waals surface area contributed by atoms with Crippen LogP contribution < -0.4 is 5.32 Å². The molecular formula is C13H25ClN2O3. The van der Waals surface area contributed by atoms with Gasteiger partial charge in [-0.15, -0.1) is 12.4 Å². The van der Waals surface area contributed by atoms with Crippen molar-refractivity contribution in [3.05, 3.63) is 0 Å². The van der Waals surface area contributed by atoms with E-state index in [0.29, 0.717) is 19.5 Å². The molecule has 2 unspecified atom stereocenters. The molecule has 19 heavy (non-hydrogen) atoms. The maximum Gasteiger partial charge on any atom is 0.320 e. The van der Waals surface area contributed by atoms with E-state index in [-0.39, 0.29) is 24.2 Å². The van der Waals surface area contributed by atoms with Crippen LogP contribution in [0.2, 0.25) is 0 Å². The van der Waals surface area contributed by atoms with E-state index in [2.05, 4.69) is 5.32 Å². The molecule has 6 heteroatoms. The number of carbonyl (C=O) groups excluding carboxylic acids is 1. The highest BCUT2D eigenvalue weighted by Gasteiger charge is 2.31. The van der Waals surface area contributed by atoms with Crippen molar-refractivity contribution in [2.45, 2.75) is 45.6 Å². The van der Waals surface area contributed by atoms with Crippen LogP contribution in [0, 0.1) is 5.92 Å². The first-order valence-corrected chi connectivity index (χ1v) is 6.84. The fraction of sp³-hybridized carbons (Fsp3) is 0.846. The molecule has 1 amide bonds. The van der Waals surface area contributed by atoms with E-state index in [1.54, 1.807) is 0 Å². The van der Waals surface area contributed by atoms with E-state index in [1.807, 2.05) is 18.7 Å². The molecule has 0 saturated carbocycles. The number of carbonyl (C=O) groups is 2. The molecule has 1 aliphatic rings. The summed E-state index contributed by atoms with van der Waals surface area (Å²) in [6.07, 6.45) is 3.27. The molecule has 0 radical (unpaired) electrons. The second-order valence-corrected chi connectivity index (χ2v) is 4.89. The van der Waals surface area contributed by atoms with Crippen LogP contribution in [0.3, 0.4) is 0 Å². The Kier molecular flexibility index (Phi) is 8.76. The number of likely N-dealkylation sites (tertiary alicyclic amines) is 1. The summed E-state index contributed by atoms with van der Waals surface area (Å²) in [5.74, 6) is -0.771. The minimum Gasteiger partial charge on any atom is -0.480 e. The van der Waals surface area contributed by atoms with Crippen LogP contribution >= 0.6 is 12.4 Å². The smallest absolute Gasteiger partial charge is 0.320 e. The highest BCUT2D eigenvalue weighted by atomic mass is 35.5. The lowest BCUT2D eigenvalue weighted by atomic mass is 9.95. The lowest BCUT2D eigenvalue weighted by Gasteiger charge is -2.35. The third kappa shape index (κ3) is 5.37. The standard InChI is InChI=1S/C13H24N2O3.ClH/c1-3-7-14-12(16)10-6-5-8-15(9-10)11(4-2)13(17)18;/h10-11H,3-9H2,1-2H3,(H,14,16)(H,17,18);1H. The Morgan fingerprint density at radius 3 is 2.63 bits per heavy atom. The van der Waals surface area contributed by atoms with E-state index in [4.69, 9.17) is 5.11 Å². The van der Waals surface area contributed by atoms with Gasteiger partial charge in [-0.1, -0.05) is 13.8 Å². The van der Waals surface area contributed by atoms with Crippen LogP contribution in [0.25, 0.3) is 0 Å². The van der Waals surface area contributed by atoms with Crippen LogP contribution in [0.5, 0.6) is 0 Å². The van der Waals surface area contributed by atoms with Gasteiger partial charge in [-0.3, -0.25) is 14.5 Å². The topological polar surface area (TPSA) is 69.6 Å². The Labute approximate surface area is 121 Å². The highest BCUT2D eigenvalue weighted by molar-refractivity contribution is 5.85. The van der Waals surface area contributed by atoms with Gasteiger partial charge in [0.25, 0.3) is 0 Å².